The van der Waals surface area contributed by atoms with Crippen molar-refractivity contribution >= 4 is 11.7 Å². The molecule has 0 unspecified atom stereocenters. The number of hydrogen-bond acceptors (Lipinski definition) is 2. The Bertz CT molecular complexity index is 333. The van der Waals surface area contributed by atoms with Gasteiger partial charge in [-0.3, -0.25) is 4.79 Å². The van der Waals surface area contributed by atoms with Crippen molar-refractivity contribution in [3.8, 4) is 0 Å². The van der Waals surface area contributed by atoms with Crippen LogP contribution in [0.15, 0.2) is 30.3 Å². The molecule has 0 amide bonds. The molecule has 0 atom stereocenters. The standard InChI is InChI=1S/C12H15NO2/c14-12(15)9-13(8-10-6-7-10)11-4-2-1-3-5-11/h1-5,10H,6-9H2,(H,14,15). The molecule has 1 fully saturated rings. The van der Waals surface area contributed by atoms with Crippen LogP contribution in [0.2, 0.25) is 0 Å². The lowest BCUT2D eigenvalue weighted by atomic mass is 10.2. The Morgan fingerprint density at radius 2 is 2.00 bits per heavy atom. The summed E-state index contributed by atoms with van der Waals surface area (Å²) in [7, 11) is 0. The van der Waals surface area contributed by atoms with Gasteiger partial charge in [-0.05, 0) is 30.9 Å². The molecule has 1 aromatic carbocycles. The maximum Gasteiger partial charge on any atom is 0.323 e. The minimum absolute atomic E-state index is 0.0977. The van der Waals surface area contributed by atoms with Crippen molar-refractivity contribution in [2.45, 2.75) is 12.8 Å². The summed E-state index contributed by atoms with van der Waals surface area (Å²) in [5, 5.41) is 8.84. The Morgan fingerprint density at radius 3 is 2.53 bits per heavy atom. The monoisotopic (exact) mass is 205 g/mol. The molecule has 1 aliphatic carbocycles. The zero-order valence-corrected chi connectivity index (χ0v) is 8.60. The maximum absolute atomic E-state index is 10.7. The van der Waals surface area contributed by atoms with E-state index < -0.39 is 5.97 Å². The lowest BCUT2D eigenvalue weighted by Gasteiger charge is -2.22. The summed E-state index contributed by atoms with van der Waals surface area (Å²) >= 11 is 0. The molecule has 1 aliphatic rings. The predicted octanol–water partition coefficient (Wildman–Crippen LogP) is 1.99. The Kier molecular flexibility index (Phi) is 2.90. The van der Waals surface area contributed by atoms with E-state index in [4.69, 9.17) is 5.11 Å². The zero-order chi connectivity index (χ0) is 10.7. The van der Waals surface area contributed by atoms with Crippen molar-refractivity contribution in [2.24, 2.45) is 5.92 Å². The zero-order valence-electron chi connectivity index (χ0n) is 8.60. The molecule has 1 saturated carbocycles. The van der Waals surface area contributed by atoms with E-state index >= 15 is 0 Å². The van der Waals surface area contributed by atoms with Crippen molar-refractivity contribution in [1.82, 2.24) is 0 Å². The molecule has 0 aromatic heterocycles. The van der Waals surface area contributed by atoms with E-state index in [2.05, 4.69) is 0 Å². The van der Waals surface area contributed by atoms with Gasteiger partial charge in [-0.15, -0.1) is 0 Å². The topological polar surface area (TPSA) is 40.5 Å². The quantitative estimate of drug-likeness (QED) is 0.799. The van der Waals surface area contributed by atoms with Crippen LogP contribution in [0.1, 0.15) is 12.8 Å². The number of anilines is 1. The number of aliphatic carboxylic acids is 1. The van der Waals surface area contributed by atoms with Gasteiger partial charge in [0.1, 0.15) is 6.54 Å². The van der Waals surface area contributed by atoms with Crippen LogP contribution < -0.4 is 4.90 Å². The van der Waals surface area contributed by atoms with Gasteiger partial charge in [0.25, 0.3) is 0 Å². The average molecular weight is 205 g/mol. The third kappa shape index (κ3) is 2.98. The van der Waals surface area contributed by atoms with Gasteiger partial charge in [-0.1, -0.05) is 18.2 Å². The van der Waals surface area contributed by atoms with Gasteiger partial charge < -0.3 is 10.0 Å². The molecule has 15 heavy (non-hydrogen) atoms. The molecule has 0 heterocycles. The van der Waals surface area contributed by atoms with E-state index in [-0.39, 0.29) is 6.54 Å². The van der Waals surface area contributed by atoms with Crippen LogP contribution in [0.3, 0.4) is 0 Å². The van der Waals surface area contributed by atoms with Crippen LogP contribution in [-0.4, -0.2) is 24.2 Å². The first kappa shape index (κ1) is 10.0. The van der Waals surface area contributed by atoms with Gasteiger partial charge in [0.15, 0.2) is 0 Å². The first-order valence-electron chi connectivity index (χ1n) is 5.27. The molecule has 1 aromatic rings. The summed E-state index contributed by atoms with van der Waals surface area (Å²) in [5.74, 6) is -0.0657. The van der Waals surface area contributed by atoms with Crippen molar-refractivity contribution in [1.29, 1.82) is 0 Å². The molecule has 0 aliphatic heterocycles. The van der Waals surface area contributed by atoms with E-state index in [9.17, 15) is 4.79 Å². The van der Waals surface area contributed by atoms with E-state index in [1.165, 1.54) is 12.8 Å². The largest absolute Gasteiger partial charge is 0.480 e. The minimum atomic E-state index is -0.764. The first-order valence-corrected chi connectivity index (χ1v) is 5.27. The highest BCUT2D eigenvalue weighted by molar-refractivity contribution is 5.73. The molecule has 0 bridgehead atoms. The number of hydrogen-bond donors (Lipinski definition) is 1. The van der Waals surface area contributed by atoms with Gasteiger partial charge in [0, 0.05) is 12.2 Å². The summed E-state index contributed by atoms with van der Waals surface area (Å²) in [6.07, 6.45) is 2.48. The Hall–Kier alpha value is -1.51. The molecule has 2 rings (SSSR count). The summed E-state index contributed by atoms with van der Waals surface area (Å²) in [5.41, 5.74) is 1.01. The summed E-state index contributed by atoms with van der Waals surface area (Å²) in [6.45, 7) is 0.969. The second kappa shape index (κ2) is 4.34. The lowest BCUT2D eigenvalue weighted by Crippen LogP contribution is -2.31. The van der Waals surface area contributed by atoms with Gasteiger partial charge in [-0.2, -0.15) is 0 Å². The van der Waals surface area contributed by atoms with Crippen LogP contribution in [0.4, 0.5) is 5.69 Å². The number of rotatable bonds is 5. The second-order valence-electron chi connectivity index (χ2n) is 4.05. The van der Waals surface area contributed by atoms with Gasteiger partial charge in [0.2, 0.25) is 0 Å². The third-order valence-corrected chi connectivity index (χ3v) is 2.62. The molecule has 80 valence electrons. The fraction of sp³-hybridized carbons (Fsp3) is 0.417. The normalized spacial score (nSPS) is 14.9. The van der Waals surface area contributed by atoms with Crippen LogP contribution in [-0.2, 0) is 4.79 Å². The molecule has 3 heteroatoms. The Balaban J connectivity index is 2.06. The molecular formula is C12H15NO2. The molecule has 0 spiro atoms. The number of carbonyl (C=O) groups is 1. The number of carboxylic acid groups (broad SMARTS) is 1. The number of para-hydroxylation sites is 1. The summed E-state index contributed by atoms with van der Waals surface area (Å²) in [6, 6.07) is 9.75. The number of benzene rings is 1. The molecule has 1 N–H and O–H groups in total. The molecule has 0 saturated heterocycles. The smallest absolute Gasteiger partial charge is 0.323 e. The minimum Gasteiger partial charge on any atom is -0.480 e. The van der Waals surface area contributed by atoms with Crippen LogP contribution in [0, 0.1) is 5.92 Å². The van der Waals surface area contributed by atoms with Crippen molar-refractivity contribution < 1.29 is 9.90 Å². The second-order valence-corrected chi connectivity index (χ2v) is 4.05. The van der Waals surface area contributed by atoms with Gasteiger partial charge >= 0.3 is 5.97 Å². The molecule has 0 radical (unpaired) electrons. The third-order valence-electron chi connectivity index (χ3n) is 2.62. The van der Waals surface area contributed by atoms with E-state index in [1.807, 2.05) is 35.2 Å². The van der Waals surface area contributed by atoms with Crippen LogP contribution in [0.5, 0.6) is 0 Å². The van der Waals surface area contributed by atoms with E-state index in [1.54, 1.807) is 0 Å². The molecule has 3 nitrogen and oxygen atoms in total. The van der Waals surface area contributed by atoms with Crippen LogP contribution in [0.25, 0.3) is 0 Å². The highest BCUT2D eigenvalue weighted by Gasteiger charge is 2.25. The van der Waals surface area contributed by atoms with Gasteiger partial charge in [0.05, 0.1) is 0 Å². The highest BCUT2D eigenvalue weighted by atomic mass is 16.4. The van der Waals surface area contributed by atoms with Crippen LogP contribution >= 0.6 is 0 Å². The van der Waals surface area contributed by atoms with Crippen molar-refractivity contribution in [3.63, 3.8) is 0 Å². The maximum atomic E-state index is 10.7. The summed E-state index contributed by atoms with van der Waals surface area (Å²) in [4.78, 5) is 12.7. The molecular weight excluding hydrogens is 190 g/mol. The Morgan fingerprint density at radius 1 is 1.33 bits per heavy atom. The van der Waals surface area contributed by atoms with Gasteiger partial charge in [-0.25, -0.2) is 0 Å². The van der Waals surface area contributed by atoms with Crippen molar-refractivity contribution in [2.75, 3.05) is 18.0 Å². The van der Waals surface area contributed by atoms with Crippen molar-refractivity contribution in [3.05, 3.63) is 30.3 Å². The predicted molar refractivity (Wildman–Crippen MR) is 59.0 cm³/mol. The average Bonchev–Trinajstić information content (AvgIpc) is 3.01. The number of carboxylic acids is 1. The first-order chi connectivity index (χ1) is 7.25. The summed E-state index contributed by atoms with van der Waals surface area (Å²) < 4.78 is 0. The highest BCUT2D eigenvalue weighted by Crippen LogP contribution is 2.31. The fourth-order valence-electron chi connectivity index (χ4n) is 1.68. The van der Waals surface area contributed by atoms with E-state index in [0.29, 0.717) is 5.92 Å². The number of nitrogens with zero attached hydrogens (tertiary/aromatic N) is 1. The van der Waals surface area contributed by atoms with E-state index in [0.717, 1.165) is 12.2 Å². The SMILES string of the molecule is O=C(O)CN(CC1CC1)c1ccccc1. The fourth-order valence-corrected chi connectivity index (χ4v) is 1.68. The lowest BCUT2D eigenvalue weighted by molar-refractivity contribution is -0.135. The Labute approximate surface area is 89.3 Å².